The first-order valence-corrected chi connectivity index (χ1v) is 11.0. The van der Waals surface area contributed by atoms with Crippen LogP contribution in [0.1, 0.15) is 55.8 Å². The Labute approximate surface area is 159 Å². The van der Waals surface area contributed by atoms with E-state index in [2.05, 4.69) is 12.2 Å². The van der Waals surface area contributed by atoms with Gasteiger partial charge in [-0.15, -0.1) is 0 Å². The van der Waals surface area contributed by atoms with Crippen molar-refractivity contribution in [2.75, 3.05) is 16.6 Å². The fourth-order valence-corrected chi connectivity index (χ4v) is 5.55. The smallest absolute Gasteiger partial charge is 0.329 e. The number of carbonyl (C=O) groups excluding carboxylic acids is 1. The normalized spacial score (nSPS) is 27.3. The summed E-state index contributed by atoms with van der Waals surface area (Å²) in [4.78, 5) is 24.7. The molecule has 3 rings (SSSR count). The Morgan fingerprint density at radius 2 is 2.00 bits per heavy atom. The average Bonchev–Trinajstić information content (AvgIpc) is 3.01. The fourth-order valence-electron chi connectivity index (χ4n) is 3.99. The van der Waals surface area contributed by atoms with E-state index in [0.717, 1.165) is 19.3 Å². The number of benzene rings is 1. The zero-order valence-electron chi connectivity index (χ0n) is 15.5. The number of amides is 1. The average molecular weight is 394 g/mol. The van der Waals surface area contributed by atoms with Crippen molar-refractivity contribution >= 4 is 27.6 Å². The van der Waals surface area contributed by atoms with E-state index < -0.39 is 27.4 Å². The van der Waals surface area contributed by atoms with E-state index in [0.29, 0.717) is 37.4 Å². The highest BCUT2D eigenvalue weighted by molar-refractivity contribution is 7.93. The van der Waals surface area contributed by atoms with Crippen LogP contribution in [-0.4, -0.2) is 43.2 Å². The van der Waals surface area contributed by atoms with Crippen molar-refractivity contribution in [2.45, 2.75) is 51.0 Å². The Balaban J connectivity index is 1.79. The van der Waals surface area contributed by atoms with Gasteiger partial charge in [-0.1, -0.05) is 19.4 Å². The summed E-state index contributed by atoms with van der Waals surface area (Å²) >= 11 is 0. The molecule has 1 saturated carbocycles. The van der Waals surface area contributed by atoms with Gasteiger partial charge >= 0.3 is 5.97 Å². The Morgan fingerprint density at radius 1 is 1.30 bits per heavy atom. The van der Waals surface area contributed by atoms with E-state index in [1.165, 1.54) is 10.4 Å². The summed E-state index contributed by atoms with van der Waals surface area (Å²) in [5.74, 6) is -0.892. The first-order chi connectivity index (χ1) is 12.8. The van der Waals surface area contributed by atoms with Crippen LogP contribution in [0, 0.1) is 5.92 Å². The lowest BCUT2D eigenvalue weighted by Gasteiger charge is -2.37. The maximum Gasteiger partial charge on any atom is 0.329 e. The van der Waals surface area contributed by atoms with Gasteiger partial charge in [0.25, 0.3) is 5.91 Å². The van der Waals surface area contributed by atoms with Crippen LogP contribution in [0.4, 0.5) is 5.69 Å². The minimum absolute atomic E-state index is 0.101. The van der Waals surface area contributed by atoms with Crippen molar-refractivity contribution in [2.24, 2.45) is 5.92 Å². The van der Waals surface area contributed by atoms with Gasteiger partial charge in [-0.2, -0.15) is 0 Å². The van der Waals surface area contributed by atoms with Crippen LogP contribution in [-0.2, 0) is 14.8 Å². The van der Waals surface area contributed by atoms with E-state index in [4.69, 9.17) is 0 Å². The van der Waals surface area contributed by atoms with Gasteiger partial charge < -0.3 is 10.4 Å². The second-order valence-corrected chi connectivity index (χ2v) is 9.50. The number of carbonyl (C=O) groups is 2. The molecule has 0 spiro atoms. The van der Waals surface area contributed by atoms with Crippen molar-refractivity contribution in [3.8, 4) is 0 Å². The van der Waals surface area contributed by atoms with E-state index in [1.54, 1.807) is 18.2 Å². The van der Waals surface area contributed by atoms with Crippen molar-refractivity contribution in [3.05, 3.63) is 29.8 Å². The van der Waals surface area contributed by atoms with Gasteiger partial charge in [-0.3, -0.25) is 9.10 Å². The predicted molar refractivity (Wildman–Crippen MR) is 102 cm³/mol. The molecule has 1 amide bonds. The fraction of sp³-hybridized carbons (Fsp3) is 0.579. The summed E-state index contributed by atoms with van der Waals surface area (Å²) in [6.45, 7) is 2.49. The van der Waals surface area contributed by atoms with Crippen LogP contribution in [0.3, 0.4) is 0 Å². The SMILES string of the molecule is CCC1CCC(NC(=O)c2cccc(N3CCCS3(=O)=O)c2)(C(=O)O)CC1. The predicted octanol–water partition coefficient (Wildman–Crippen LogP) is 2.38. The van der Waals surface area contributed by atoms with Gasteiger partial charge in [0.05, 0.1) is 11.4 Å². The van der Waals surface area contributed by atoms with Crippen molar-refractivity contribution in [3.63, 3.8) is 0 Å². The van der Waals surface area contributed by atoms with E-state index >= 15 is 0 Å². The largest absolute Gasteiger partial charge is 0.480 e. The summed E-state index contributed by atoms with van der Waals surface area (Å²) < 4.78 is 25.5. The number of hydrogen-bond donors (Lipinski definition) is 2. The standard InChI is InChI=1S/C19H26N2O5S/c1-2-14-7-9-19(10-8-14,18(23)24)20-17(22)15-5-3-6-16(13-15)21-11-4-12-27(21,25)26/h3,5-6,13-14H,2,4,7-12H2,1H3,(H,20,22)(H,23,24). The summed E-state index contributed by atoms with van der Waals surface area (Å²) in [6.07, 6.45) is 3.93. The van der Waals surface area contributed by atoms with Crippen LogP contribution >= 0.6 is 0 Å². The highest BCUT2D eigenvalue weighted by Crippen LogP contribution is 2.34. The second kappa shape index (κ2) is 7.50. The first-order valence-electron chi connectivity index (χ1n) is 9.44. The monoisotopic (exact) mass is 394 g/mol. The zero-order valence-corrected chi connectivity index (χ0v) is 16.3. The number of carboxylic acid groups (broad SMARTS) is 1. The number of nitrogens with zero attached hydrogens (tertiary/aromatic N) is 1. The molecular weight excluding hydrogens is 368 g/mol. The van der Waals surface area contributed by atoms with Crippen molar-refractivity contribution in [1.82, 2.24) is 5.32 Å². The lowest BCUT2D eigenvalue weighted by atomic mass is 9.75. The molecule has 27 heavy (non-hydrogen) atoms. The minimum Gasteiger partial charge on any atom is -0.480 e. The molecule has 0 unspecified atom stereocenters. The molecule has 1 aromatic carbocycles. The van der Waals surface area contributed by atoms with Crippen LogP contribution in [0.5, 0.6) is 0 Å². The number of rotatable bonds is 5. The maximum absolute atomic E-state index is 12.8. The quantitative estimate of drug-likeness (QED) is 0.798. The molecule has 1 heterocycles. The van der Waals surface area contributed by atoms with Gasteiger partial charge in [0, 0.05) is 12.1 Å². The Morgan fingerprint density at radius 3 is 2.56 bits per heavy atom. The topological polar surface area (TPSA) is 104 Å². The highest BCUT2D eigenvalue weighted by atomic mass is 32.2. The summed E-state index contributed by atoms with van der Waals surface area (Å²) in [6, 6.07) is 6.37. The third-order valence-corrected chi connectivity index (χ3v) is 7.66. The number of carboxylic acids is 1. The maximum atomic E-state index is 12.8. The number of hydrogen-bond acceptors (Lipinski definition) is 4. The van der Waals surface area contributed by atoms with Crippen LogP contribution in [0.25, 0.3) is 0 Å². The molecule has 0 atom stereocenters. The van der Waals surface area contributed by atoms with Gasteiger partial charge in [0.1, 0.15) is 5.54 Å². The van der Waals surface area contributed by atoms with Crippen molar-refractivity contribution < 1.29 is 23.1 Å². The van der Waals surface area contributed by atoms with Crippen LogP contribution in [0.15, 0.2) is 24.3 Å². The Bertz CT molecular complexity index is 828. The highest BCUT2D eigenvalue weighted by Gasteiger charge is 2.43. The van der Waals surface area contributed by atoms with E-state index in [1.807, 2.05) is 0 Å². The Hall–Kier alpha value is -2.09. The van der Waals surface area contributed by atoms with Gasteiger partial charge in [0.15, 0.2) is 0 Å². The number of anilines is 1. The summed E-state index contributed by atoms with van der Waals surface area (Å²) in [5.41, 5.74) is -0.537. The molecule has 2 aliphatic rings. The number of aliphatic carboxylic acids is 1. The van der Waals surface area contributed by atoms with Crippen LogP contribution < -0.4 is 9.62 Å². The first kappa shape index (κ1) is 19.7. The molecule has 1 aliphatic heterocycles. The van der Waals surface area contributed by atoms with E-state index in [-0.39, 0.29) is 11.3 Å². The third kappa shape index (κ3) is 3.95. The molecular formula is C19H26N2O5S. The molecule has 148 valence electrons. The van der Waals surface area contributed by atoms with E-state index in [9.17, 15) is 23.1 Å². The molecule has 2 N–H and O–H groups in total. The van der Waals surface area contributed by atoms with Gasteiger partial charge in [-0.25, -0.2) is 13.2 Å². The molecule has 1 aromatic rings. The number of nitrogens with one attached hydrogen (secondary N) is 1. The van der Waals surface area contributed by atoms with Gasteiger partial charge in [0.2, 0.25) is 10.0 Å². The molecule has 2 fully saturated rings. The molecule has 0 radical (unpaired) electrons. The molecule has 1 saturated heterocycles. The lowest BCUT2D eigenvalue weighted by molar-refractivity contribution is -0.146. The summed E-state index contributed by atoms with van der Waals surface area (Å²) in [5, 5.41) is 12.5. The molecule has 7 nitrogen and oxygen atoms in total. The van der Waals surface area contributed by atoms with Crippen LogP contribution in [0.2, 0.25) is 0 Å². The van der Waals surface area contributed by atoms with Crippen molar-refractivity contribution in [1.29, 1.82) is 0 Å². The molecule has 0 bridgehead atoms. The minimum atomic E-state index is -3.34. The zero-order chi connectivity index (χ0) is 19.7. The third-order valence-electron chi connectivity index (χ3n) is 5.79. The molecule has 1 aliphatic carbocycles. The Kier molecular flexibility index (Phi) is 5.46. The van der Waals surface area contributed by atoms with Gasteiger partial charge in [-0.05, 0) is 56.2 Å². The molecule has 8 heteroatoms. The lowest BCUT2D eigenvalue weighted by Crippen LogP contribution is -2.56. The second-order valence-electron chi connectivity index (χ2n) is 7.49. The summed E-state index contributed by atoms with van der Waals surface area (Å²) in [7, 11) is -3.34. The molecule has 0 aromatic heterocycles. The number of sulfonamides is 1.